The van der Waals surface area contributed by atoms with Crippen LogP contribution in [0, 0.1) is 5.82 Å². The van der Waals surface area contributed by atoms with Gasteiger partial charge in [-0.15, -0.1) is 5.10 Å². The first-order valence-corrected chi connectivity index (χ1v) is 6.39. The number of aryl methyl sites for hydroxylation is 1. The zero-order valence-corrected chi connectivity index (χ0v) is 11.2. The molecule has 0 aromatic carbocycles. The molecule has 0 fully saturated rings. The third kappa shape index (κ3) is 3.57. The predicted molar refractivity (Wildman–Crippen MR) is 69.9 cm³/mol. The van der Waals surface area contributed by atoms with Crippen LogP contribution >= 0.6 is 0 Å². The minimum absolute atomic E-state index is 0.183. The lowest BCUT2D eigenvalue weighted by Gasteiger charge is -2.17. The Bertz CT molecular complexity index is 525. The van der Waals surface area contributed by atoms with Crippen LogP contribution in [0.5, 0.6) is 0 Å². The van der Waals surface area contributed by atoms with E-state index in [1.54, 1.807) is 16.9 Å². The summed E-state index contributed by atoms with van der Waals surface area (Å²) in [4.78, 5) is 4.14. The van der Waals surface area contributed by atoms with Gasteiger partial charge >= 0.3 is 0 Å². The summed E-state index contributed by atoms with van der Waals surface area (Å²) < 4.78 is 15.5. The van der Waals surface area contributed by atoms with Crippen molar-refractivity contribution in [1.82, 2.24) is 25.3 Å². The van der Waals surface area contributed by atoms with E-state index in [0.29, 0.717) is 12.1 Å². The number of nitrogens with zero attached hydrogens (tertiary/aromatic N) is 4. The molecule has 0 aliphatic heterocycles. The molecule has 2 heterocycles. The normalized spacial score (nSPS) is 12.6. The van der Waals surface area contributed by atoms with Gasteiger partial charge < -0.3 is 5.32 Å². The predicted octanol–water partition coefficient (Wildman–Crippen LogP) is 1.63. The molecular weight excluding hydrogens is 245 g/mol. The Morgan fingerprint density at radius 3 is 2.95 bits per heavy atom. The van der Waals surface area contributed by atoms with Crippen LogP contribution in [0.3, 0.4) is 0 Å². The molecule has 0 aliphatic carbocycles. The first kappa shape index (κ1) is 13.6. The monoisotopic (exact) mass is 263 g/mol. The van der Waals surface area contributed by atoms with Crippen molar-refractivity contribution < 1.29 is 4.39 Å². The number of hydrogen-bond acceptors (Lipinski definition) is 4. The highest BCUT2D eigenvalue weighted by Gasteiger charge is 2.18. The second-order valence-electron chi connectivity index (χ2n) is 4.46. The van der Waals surface area contributed by atoms with Crippen LogP contribution in [0.15, 0.2) is 24.5 Å². The van der Waals surface area contributed by atoms with Gasteiger partial charge in [-0.3, -0.25) is 9.67 Å². The summed E-state index contributed by atoms with van der Waals surface area (Å²) in [5.41, 5.74) is 1.25. The van der Waals surface area contributed by atoms with Crippen molar-refractivity contribution in [3.63, 3.8) is 0 Å². The Balaban J connectivity index is 2.18. The molecule has 2 rings (SSSR count). The highest BCUT2D eigenvalue weighted by atomic mass is 19.1. The molecule has 2 aromatic rings. The molecule has 0 radical (unpaired) electrons. The molecule has 0 saturated heterocycles. The fourth-order valence-corrected chi connectivity index (χ4v) is 1.94. The van der Waals surface area contributed by atoms with Crippen LogP contribution in [0.25, 0.3) is 0 Å². The van der Waals surface area contributed by atoms with Crippen molar-refractivity contribution in [2.45, 2.75) is 25.8 Å². The fraction of sp³-hybridized carbons (Fsp3) is 0.462. The Labute approximate surface area is 111 Å². The van der Waals surface area contributed by atoms with Crippen molar-refractivity contribution in [2.24, 2.45) is 7.05 Å². The van der Waals surface area contributed by atoms with E-state index in [4.69, 9.17) is 0 Å². The minimum Gasteiger partial charge on any atom is -0.308 e. The number of pyridine rings is 1. The molecule has 6 heteroatoms. The third-order valence-corrected chi connectivity index (χ3v) is 2.82. The quantitative estimate of drug-likeness (QED) is 0.860. The standard InChI is InChI=1S/C13H18FN5/c1-3-6-15-12(8-10-9-19(2)18-17-10)13-11(14)5-4-7-16-13/h4-5,7,9,12,15H,3,6,8H2,1-2H3. The first-order valence-electron chi connectivity index (χ1n) is 6.39. The molecule has 5 nitrogen and oxygen atoms in total. The molecular formula is C13H18FN5. The maximum Gasteiger partial charge on any atom is 0.146 e. The van der Waals surface area contributed by atoms with Gasteiger partial charge in [-0.05, 0) is 25.1 Å². The van der Waals surface area contributed by atoms with E-state index in [1.807, 2.05) is 13.2 Å². The average molecular weight is 263 g/mol. The molecule has 2 aromatic heterocycles. The Morgan fingerprint density at radius 1 is 1.47 bits per heavy atom. The summed E-state index contributed by atoms with van der Waals surface area (Å²) in [6.45, 7) is 2.88. The number of nitrogens with one attached hydrogen (secondary N) is 1. The molecule has 1 unspecified atom stereocenters. The molecule has 19 heavy (non-hydrogen) atoms. The Morgan fingerprint density at radius 2 is 2.32 bits per heavy atom. The topological polar surface area (TPSA) is 55.6 Å². The van der Waals surface area contributed by atoms with E-state index in [9.17, 15) is 4.39 Å². The molecule has 0 saturated carbocycles. The average Bonchev–Trinajstić information content (AvgIpc) is 2.81. The summed E-state index contributed by atoms with van der Waals surface area (Å²) in [7, 11) is 1.81. The zero-order valence-electron chi connectivity index (χ0n) is 11.2. The van der Waals surface area contributed by atoms with Gasteiger partial charge in [-0.25, -0.2) is 4.39 Å². The number of rotatable bonds is 6. The van der Waals surface area contributed by atoms with Crippen molar-refractivity contribution in [2.75, 3.05) is 6.54 Å². The van der Waals surface area contributed by atoms with Crippen LogP contribution < -0.4 is 5.32 Å². The maximum absolute atomic E-state index is 13.8. The number of halogens is 1. The van der Waals surface area contributed by atoms with Crippen LogP contribution in [0.4, 0.5) is 4.39 Å². The summed E-state index contributed by atoms with van der Waals surface area (Å²) in [6, 6.07) is 2.84. The molecule has 0 bridgehead atoms. The van der Waals surface area contributed by atoms with E-state index >= 15 is 0 Å². The summed E-state index contributed by atoms with van der Waals surface area (Å²) in [6.07, 6.45) is 4.99. The van der Waals surface area contributed by atoms with Crippen molar-refractivity contribution in [1.29, 1.82) is 0 Å². The Kier molecular flexibility index (Phi) is 4.57. The second-order valence-corrected chi connectivity index (χ2v) is 4.46. The second kappa shape index (κ2) is 6.38. The van der Waals surface area contributed by atoms with Crippen LogP contribution in [0.1, 0.15) is 30.8 Å². The molecule has 0 aliphatic rings. The lowest BCUT2D eigenvalue weighted by atomic mass is 10.1. The first-order chi connectivity index (χ1) is 9.20. The van der Waals surface area contributed by atoms with Gasteiger partial charge in [0.25, 0.3) is 0 Å². The van der Waals surface area contributed by atoms with Crippen LogP contribution in [-0.2, 0) is 13.5 Å². The van der Waals surface area contributed by atoms with Crippen molar-refractivity contribution in [3.05, 3.63) is 41.7 Å². The molecule has 102 valence electrons. The molecule has 0 amide bonds. The highest BCUT2D eigenvalue weighted by molar-refractivity contribution is 5.14. The lowest BCUT2D eigenvalue weighted by Crippen LogP contribution is -2.26. The molecule has 1 N–H and O–H groups in total. The SMILES string of the molecule is CCCNC(Cc1cn(C)nn1)c1ncccc1F. The smallest absolute Gasteiger partial charge is 0.146 e. The zero-order chi connectivity index (χ0) is 13.7. The molecule has 0 spiro atoms. The highest BCUT2D eigenvalue weighted by Crippen LogP contribution is 2.18. The van der Waals surface area contributed by atoms with Gasteiger partial charge in [0.1, 0.15) is 5.82 Å². The minimum atomic E-state index is -0.292. The number of hydrogen-bond donors (Lipinski definition) is 1. The van der Waals surface area contributed by atoms with Gasteiger partial charge in [0.05, 0.1) is 17.4 Å². The summed E-state index contributed by atoms with van der Waals surface area (Å²) >= 11 is 0. The van der Waals surface area contributed by atoms with Gasteiger partial charge in [0.15, 0.2) is 0 Å². The number of aromatic nitrogens is 4. The summed E-state index contributed by atoms with van der Waals surface area (Å²) in [5.74, 6) is -0.292. The van der Waals surface area contributed by atoms with E-state index in [1.165, 1.54) is 6.07 Å². The van der Waals surface area contributed by atoms with Gasteiger partial charge in [0, 0.05) is 25.9 Å². The van der Waals surface area contributed by atoms with Gasteiger partial charge in [-0.2, -0.15) is 0 Å². The largest absolute Gasteiger partial charge is 0.308 e. The maximum atomic E-state index is 13.8. The molecule has 1 atom stereocenters. The lowest BCUT2D eigenvalue weighted by molar-refractivity contribution is 0.479. The summed E-state index contributed by atoms with van der Waals surface area (Å²) in [5, 5.41) is 11.2. The van der Waals surface area contributed by atoms with E-state index < -0.39 is 0 Å². The van der Waals surface area contributed by atoms with Crippen LogP contribution in [0.2, 0.25) is 0 Å². The van der Waals surface area contributed by atoms with Crippen molar-refractivity contribution >= 4 is 0 Å². The van der Waals surface area contributed by atoms with E-state index in [-0.39, 0.29) is 11.9 Å². The Hall–Kier alpha value is -1.82. The van der Waals surface area contributed by atoms with Crippen LogP contribution in [-0.4, -0.2) is 26.5 Å². The fourth-order valence-electron chi connectivity index (χ4n) is 1.94. The van der Waals surface area contributed by atoms with E-state index in [0.717, 1.165) is 18.7 Å². The van der Waals surface area contributed by atoms with Gasteiger partial charge in [0.2, 0.25) is 0 Å². The van der Waals surface area contributed by atoms with E-state index in [2.05, 4.69) is 27.5 Å². The van der Waals surface area contributed by atoms with Crippen molar-refractivity contribution in [3.8, 4) is 0 Å². The van der Waals surface area contributed by atoms with Gasteiger partial charge in [-0.1, -0.05) is 12.1 Å². The third-order valence-electron chi connectivity index (χ3n) is 2.82.